The number of carbonyl (C=O) groups is 2. The van der Waals surface area contributed by atoms with E-state index in [-0.39, 0.29) is 17.7 Å². The third-order valence-electron chi connectivity index (χ3n) is 4.16. The zero-order valence-electron chi connectivity index (χ0n) is 14.5. The number of benzene rings is 1. The smallest absolute Gasteiger partial charge is 0.246 e. The van der Waals surface area contributed by atoms with Crippen molar-refractivity contribution in [2.75, 3.05) is 26.8 Å². The van der Waals surface area contributed by atoms with Gasteiger partial charge < -0.3 is 20.1 Å². The maximum absolute atomic E-state index is 12.3. The fourth-order valence-electron chi connectivity index (χ4n) is 2.80. The van der Waals surface area contributed by atoms with Crippen molar-refractivity contribution in [3.8, 4) is 11.5 Å². The number of ether oxygens (including phenoxy) is 2. The minimum absolute atomic E-state index is 0.104. The highest BCUT2D eigenvalue weighted by molar-refractivity contribution is 6.32. The van der Waals surface area contributed by atoms with E-state index in [0.29, 0.717) is 49.1 Å². The van der Waals surface area contributed by atoms with E-state index in [1.165, 1.54) is 13.2 Å². The highest BCUT2D eigenvalue weighted by atomic mass is 35.5. The van der Waals surface area contributed by atoms with Gasteiger partial charge in [-0.2, -0.15) is 0 Å². The normalized spacial score (nSPS) is 15.4. The number of likely N-dealkylation sites (tertiary alicyclic amines) is 1. The van der Waals surface area contributed by atoms with Crippen LogP contribution >= 0.6 is 11.6 Å². The van der Waals surface area contributed by atoms with Crippen LogP contribution in [0.5, 0.6) is 11.5 Å². The lowest BCUT2D eigenvalue weighted by molar-refractivity contribution is -0.130. The van der Waals surface area contributed by atoms with E-state index < -0.39 is 0 Å². The Labute approximate surface area is 152 Å². The lowest BCUT2D eigenvalue weighted by Gasteiger charge is -2.29. The van der Waals surface area contributed by atoms with Crippen molar-refractivity contribution in [2.24, 2.45) is 11.7 Å². The van der Waals surface area contributed by atoms with Gasteiger partial charge in [0.25, 0.3) is 0 Å². The Morgan fingerprint density at radius 3 is 2.60 bits per heavy atom. The summed E-state index contributed by atoms with van der Waals surface area (Å²) in [6.07, 6.45) is 4.41. The standard InChI is InChI=1S/C18H23ClN2O4/c1-3-25-15-11-12(10-14(19)17(15)24-2)4-5-16(22)21-8-6-13(7-9-21)18(20)23/h4-5,10-11,13H,3,6-9H2,1-2H3,(H2,20,23). The summed E-state index contributed by atoms with van der Waals surface area (Å²) >= 11 is 6.20. The zero-order valence-corrected chi connectivity index (χ0v) is 15.2. The second kappa shape index (κ2) is 8.76. The highest BCUT2D eigenvalue weighted by Crippen LogP contribution is 2.36. The van der Waals surface area contributed by atoms with Crippen LogP contribution in [-0.4, -0.2) is 43.5 Å². The maximum Gasteiger partial charge on any atom is 0.246 e. The first-order valence-corrected chi connectivity index (χ1v) is 8.60. The molecule has 25 heavy (non-hydrogen) atoms. The summed E-state index contributed by atoms with van der Waals surface area (Å²) < 4.78 is 10.8. The van der Waals surface area contributed by atoms with Crippen LogP contribution in [0.3, 0.4) is 0 Å². The van der Waals surface area contributed by atoms with Gasteiger partial charge in [-0.1, -0.05) is 11.6 Å². The first-order valence-electron chi connectivity index (χ1n) is 8.22. The molecule has 0 spiro atoms. The van der Waals surface area contributed by atoms with Crippen LogP contribution in [0.1, 0.15) is 25.3 Å². The van der Waals surface area contributed by atoms with Crippen molar-refractivity contribution in [3.05, 3.63) is 28.8 Å². The number of primary amides is 1. The fraction of sp³-hybridized carbons (Fsp3) is 0.444. The van der Waals surface area contributed by atoms with Crippen LogP contribution in [0.2, 0.25) is 5.02 Å². The molecule has 0 saturated carbocycles. The number of halogens is 1. The number of nitrogens with two attached hydrogens (primary N) is 1. The number of nitrogens with zero attached hydrogens (tertiary/aromatic N) is 1. The molecule has 0 bridgehead atoms. The lowest BCUT2D eigenvalue weighted by Crippen LogP contribution is -2.41. The molecular weight excluding hydrogens is 344 g/mol. The Kier molecular flexibility index (Phi) is 6.70. The van der Waals surface area contributed by atoms with Gasteiger partial charge in [0.2, 0.25) is 11.8 Å². The van der Waals surface area contributed by atoms with Crippen LogP contribution in [-0.2, 0) is 9.59 Å². The Morgan fingerprint density at radius 2 is 2.04 bits per heavy atom. The second-order valence-electron chi connectivity index (χ2n) is 5.80. The third kappa shape index (κ3) is 4.89. The van der Waals surface area contributed by atoms with Gasteiger partial charge >= 0.3 is 0 Å². The predicted molar refractivity (Wildman–Crippen MR) is 96.7 cm³/mol. The maximum atomic E-state index is 12.3. The molecule has 0 aliphatic carbocycles. The average molecular weight is 367 g/mol. The molecule has 0 atom stereocenters. The van der Waals surface area contributed by atoms with Gasteiger partial charge in [0, 0.05) is 25.1 Å². The fourth-order valence-corrected chi connectivity index (χ4v) is 3.10. The van der Waals surface area contributed by atoms with E-state index in [1.807, 2.05) is 6.92 Å². The summed E-state index contributed by atoms with van der Waals surface area (Å²) in [5.41, 5.74) is 6.05. The SMILES string of the molecule is CCOc1cc(C=CC(=O)N2CCC(C(N)=O)CC2)cc(Cl)c1OC. The number of amides is 2. The van der Waals surface area contributed by atoms with Crippen LogP contribution < -0.4 is 15.2 Å². The third-order valence-corrected chi connectivity index (χ3v) is 4.44. The molecule has 1 aromatic rings. The number of carbonyl (C=O) groups excluding carboxylic acids is 2. The Morgan fingerprint density at radius 1 is 1.36 bits per heavy atom. The van der Waals surface area contributed by atoms with E-state index in [9.17, 15) is 9.59 Å². The van der Waals surface area contributed by atoms with Crippen molar-refractivity contribution in [1.29, 1.82) is 0 Å². The van der Waals surface area contributed by atoms with Crippen LogP contribution in [0, 0.1) is 5.92 Å². The number of piperidine rings is 1. The second-order valence-corrected chi connectivity index (χ2v) is 6.21. The molecule has 1 fully saturated rings. The topological polar surface area (TPSA) is 81.9 Å². The molecule has 7 heteroatoms. The summed E-state index contributed by atoms with van der Waals surface area (Å²) in [5.74, 6) is 0.473. The molecule has 2 amide bonds. The molecule has 1 aliphatic heterocycles. The summed E-state index contributed by atoms with van der Waals surface area (Å²) in [6.45, 7) is 3.41. The van der Waals surface area contributed by atoms with Crippen molar-refractivity contribution in [2.45, 2.75) is 19.8 Å². The molecule has 0 aromatic heterocycles. The lowest BCUT2D eigenvalue weighted by atomic mass is 9.96. The summed E-state index contributed by atoms with van der Waals surface area (Å²) in [7, 11) is 1.53. The number of hydrogen-bond donors (Lipinski definition) is 1. The van der Waals surface area contributed by atoms with Crippen molar-refractivity contribution < 1.29 is 19.1 Å². The van der Waals surface area contributed by atoms with Crippen molar-refractivity contribution in [1.82, 2.24) is 4.90 Å². The Bertz CT molecular complexity index is 667. The molecular formula is C18H23ClN2O4. The van der Waals surface area contributed by atoms with E-state index in [0.717, 1.165) is 5.56 Å². The van der Waals surface area contributed by atoms with Gasteiger partial charge in [0.05, 0.1) is 18.7 Å². The molecule has 136 valence electrons. The van der Waals surface area contributed by atoms with Gasteiger partial charge in [0.15, 0.2) is 11.5 Å². The molecule has 1 aromatic carbocycles. The molecule has 2 N–H and O–H groups in total. The Hall–Kier alpha value is -2.21. The van der Waals surface area contributed by atoms with Gasteiger partial charge in [0.1, 0.15) is 0 Å². The quantitative estimate of drug-likeness (QED) is 0.784. The summed E-state index contributed by atoms with van der Waals surface area (Å²) in [5, 5.41) is 0.419. The minimum Gasteiger partial charge on any atom is -0.491 e. The van der Waals surface area contributed by atoms with Crippen molar-refractivity contribution >= 4 is 29.5 Å². The molecule has 1 heterocycles. The summed E-state index contributed by atoms with van der Waals surface area (Å²) in [6, 6.07) is 3.49. The van der Waals surface area contributed by atoms with Crippen LogP contribution in [0.15, 0.2) is 18.2 Å². The van der Waals surface area contributed by atoms with Gasteiger partial charge in [-0.05, 0) is 43.5 Å². The predicted octanol–water partition coefficient (Wildman–Crippen LogP) is 2.48. The van der Waals surface area contributed by atoms with Gasteiger partial charge in [-0.25, -0.2) is 0 Å². The van der Waals surface area contributed by atoms with E-state index in [4.69, 9.17) is 26.8 Å². The molecule has 2 rings (SSSR count). The molecule has 1 saturated heterocycles. The first-order chi connectivity index (χ1) is 12.0. The average Bonchev–Trinajstić information content (AvgIpc) is 2.60. The molecule has 6 nitrogen and oxygen atoms in total. The van der Waals surface area contributed by atoms with Gasteiger partial charge in [-0.3, -0.25) is 9.59 Å². The summed E-state index contributed by atoms with van der Waals surface area (Å²) in [4.78, 5) is 25.2. The van der Waals surface area contributed by atoms with E-state index in [1.54, 1.807) is 23.1 Å². The number of methoxy groups -OCH3 is 1. The van der Waals surface area contributed by atoms with Crippen LogP contribution in [0.25, 0.3) is 6.08 Å². The number of hydrogen-bond acceptors (Lipinski definition) is 4. The molecule has 0 radical (unpaired) electrons. The van der Waals surface area contributed by atoms with Crippen LogP contribution in [0.4, 0.5) is 0 Å². The van der Waals surface area contributed by atoms with Gasteiger partial charge in [-0.15, -0.1) is 0 Å². The monoisotopic (exact) mass is 366 g/mol. The van der Waals surface area contributed by atoms with E-state index in [2.05, 4.69) is 0 Å². The van der Waals surface area contributed by atoms with Crippen molar-refractivity contribution in [3.63, 3.8) is 0 Å². The zero-order chi connectivity index (χ0) is 18.4. The number of rotatable bonds is 6. The molecule has 0 unspecified atom stereocenters. The molecule has 1 aliphatic rings. The Balaban J connectivity index is 2.06. The van der Waals surface area contributed by atoms with E-state index >= 15 is 0 Å². The first kappa shape index (κ1) is 19.1. The largest absolute Gasteiger partial charge is 0.491 e. The minimum atomic E-state index is -0.293. The highest BCUT2D eigenvalue weighted by Gasteiger charge is 2.24.